The lowest BCUT2D eigenvalue weighted by atomic mass is 10.3. The molecular weight excluding hydrogens is 478 g/mol. The van der Waals surface area contributed by atoms with Crippen LogP contribution in [-0.4, -0.2) is 40.5 Å². The number of rotatable bonds is 9. The third-order valence-electron chi connectivity index (χ3n) is 4.69. The molecule has 0 aliphatic rings. The van der Waals surface area contributed by atoms with Crippen LogP contribution in [0.2, 0.25) is 0 Å². The predicted molar refractivity (Wildman–Crippen MR) is 127 cm³/mol. The fourth-order valence-corrected chi connectivity index (χ4v) is 3.42. The number of amides is 1. The number of aromatic nitrogens is 6. The number of hydrogen-bond donors (Lipinski definition) is 3. The van der Waals surface area contributed by atoms with Gasteiger partial charge in [0.05, 0.1) is 0 Å². The Labute approximate surface area is 192 Å². The molecular formula is C21H26BrN7O3. The molecule has 0 atom stereocenters. The van der Waals surface area contributed by atoms with Gasteiger partial charge in [-0.3, -0.25) is 23.8 Å². The lowest BCUT2D eigenvalue weighted by Crippen LogP contribution is -2.34. The maximum atomic E-state index is 12.6. The molecule has 0 bridgehead atoms. The summed E-state index contributed by atoms with van der Waals surface area (Å²) in [5.41, 5.74) is 1.43. The number of aryl methyl sites for hydroxylation is 1. The van der Waals surface area contributed by atoms with Crippen LogP contribution in [0, 0.1) is 6.92 Å². The van der Waals surface area contributed by atoms with Crippen molar-refractivity contribution in [2.24, 2.45) is 0 Å². The number of fused-ring (bicyclic) bond motifs is 1. The first-order chi connectivity index (χ1) is 15.4. The number of hydrogen-bond acceptors (Lipinski definition) is 5. The van der Waals surface area contributed by atoms with Gasteiger partial charge in [-0.05, 0) is 31.9 Å². The highest BCUT2D eigenvalue weighted by molar-refractivity contribution is 9.09. The molecule has 0 aliphatic heterocycles. The summed E-state index contributed by atoms with van der Waals surface area (Å²) >= 11 is 3.33. The van der Waals surface area contributed by atoms with Crippen LogP contribution in [0.5, 0.6) is 0 Å². The van der Waals surface area contributed by atoms with Gasteiger partial charge in [-0.1, -0.05) is 41.9 Å². The second kappa shape index (κ2) is 10.4. The van der Waals surface area contributed by atoms with E-state index in [-0.39, 0.29) is 23.6 Å². The molecule has 170 valence electrons. The zero-order chi connectivity index (χ0) is 23.3. The van der Waals surface area contributed by atoms with Gasteiger partial charge < -0.3 is 10.3 Å². The molecule has 0 saturated carbocycles. The molecule has 3 aromatic rings. The number of carbonyl (C=O) groups excluding carboxylic acids is 1. The van der Waals surface area contributed by atoms with E-state index in [1.165, 1.54) is 0 Å². The number of alkyl halides is 1. The Morgan fingerprint density at radius 3 is 2.75 bits per heavy atom. The van der Waals surface area contributed by atoms with Gasteiger partial charge in [-0.2, -0.15) is 5.10 Å². The number of imidazole rings is 1. The molecule has 0 unspecified atom stereocenters. The van der Waals surface area contributed by atoms with E-state index in [1.807, 2.05) is 39.0 Å². The quantitative estimate of drug-likeness (QED) is 0.304. The van der Waals surface area contributed by atoms with E-state index in [2.05, 4.69) is 41.3 Å². The first kappa shape index (κ1) is 23.5. The number of aromatic amines is 2. The van der Waals surface area contributed by atoms with Crippen LogP contribution in [-0.2, 0) is 17.9 Å². The minimum atomic E-state index is -0.495. The van der Waals surface area contributed by atoms with Gasteiger partial charge in [-0.25, -0.2) is 9.78 Å². The van der Waals surface area contributed by atoms with Crippen LogP contribution >= 0.6 is 15.9 Å². The highest BCUT2D eigenvalue weighted by Gasteiger charge is 2.16. The van der Waals surface area contributed by atoms with E-state index in [0.717, 1.165) is 22.4 Å². The third-order valence-corrected chi connectivity index (χ3v) is 5.07. The fraction of sp³-hybridized carbons (Fsp3) is 0.381. The highest BCUT2D eigenvalue weighted by Crippen LogP contribution is 2.17. The summed E-state index contributed by atoms with van der Waals surface area (Å²) in [6, 6.07) is 1.77. The van der Waals surface area contributed by atoms with Crippen molar-refractivity contribution in [2.75, 3.05) is 5.33 Å². The Bertz CT molecular complexity index is 1290. The SMILES string of the molecule is CC/C=C(\C=C/CBr)NC(=O)Cn1nc(-c2nc3[nH]c(=O)n(CCC)c(=O)c3[nH]2)cc1C. The molecule has 0 radical (unpaired) electrons. The van der Waals surface area contributed by atoms with Crippen molar-refractivity contribution in [1.29, 1.82) is 0 Å². The van der Waals surface area contributed by atoms with Crippen molar-refractivity contribution in [3.05, 3.63) is 56.5 Å². The number of nitrogens with zero attached hydrogens (tertiary/aromatic N) is 4. The molecule has 0 aromatic carbocycles. The summed E-state index contributed by atoms with van der Waals surface area (Å²) < 4.78 is 2.71. The van der Waals surface area contributed by atoms with Gasteiger partial charge in [0.2, 0.25) is 5.91 Å². The average molecular weight is 504 g/mol. The molecule has 11 heteroatoms. The molecule has 3 aromatic heterocycles. The highest BCUT2D eigenvalue weighted by atomic mass is 79.9. The van der Waals surface area contributed by atoms with Gasteiger partial charge in [0.1, 0.15) is 17.8 Å². The van der Waals surface area contributed by atoms with Gasteiger partial charge in [0, 0.05) is 23.3 Å². The zero-order valence-corrected chi connectivity index (χ0v) is 19.8. The number of H-pyrrole nitrogens is 2. The van der Waals surface area contributed by atoms with Crippen LogP contribution in [0.3, 0.4) is 0 Å². The van der Waals surface area contributed by atoms with E-state index >= 15 is 0 Å². The van der Waals surface area contributed by atoms with Crippen LogP contribution < -0.4 is 16.6 Å². The van der Waals surface area contributed by atoms with Gasteiger partial charge >= 0.3 is 5.69 Å². The number of halogens is 1. The Balaban J connectivity index is 1.86. The smallest absolute Gasteiger partial charge is 0.330 e. The van der Waals surface area contributed by atoms with Crippen molar-refractivity contribution < 1.29 is 4.79 Å². The Morgan fingerprint density at radius 1 is 1.28 bits per heavy atom. The molecule has 3 rings (SSSR count). The van der Waals surface area contributed by atoms with Crippen molar-refractivity contribution in [3.8, 4) is 11.5 Å². The van der Waals surface area contributed by atoms with Crippen molar-refractivity contribution in [3.63, 3.8) is 0 Å². The third kappa shape index (κ3) is 5.16. The summed E-state index contributed by atoms with van der Waals surface area (Å²) in [5, 5.41) is 8.03. The summed E-state index contributed by atoms with van der Waals surface area (Å²) in [5.74, 6) is 0.133. The number of allylic oxidation sites excluding steroid dienone is 3. The Kier molecular flexibility index (Phi) is 7.62. The lowest BCUT2D eigenvalue weighted by molar-refractivity contribution is -0.121. The topological polar surface area (TPSA) is 130 Å². The van der Waals surface area contributed by atoms with E-state index in [0.29, 0.717) is 29.8 Å². The monoisotopic (exact) mass is 503 g/mol. The van der Waals surface area contributed by atoms with Crippen molar-refractivity contribution in [1.82, 2.24) is 34.6 Å². The lowest BCUT2D eigenvalue weighted by Gasteiger charge is -2.07. The minimum absolute atomic E-state index is 0.0232. The normalized spacial score (nSPS) is 12.2. The summed E-state index contributed by atoms with van der Waals surface area (Å²) in [6.07, 6.45) is 7.12. The van der Waals surface area contributed by atoms with Gasteiger partial charge in [0.15, 0.2) is 11.5 Å². The largest absolute Gasteiger partial charge is 0.331 e. The van der Waals surface area contributed by atoms with Crippen LogP contribution in [0.1, 0.15) is 32.4 Å². The molecule has 0 aliphatic carbocycles. The van der Waals surface area contributed by atoms with Crippen LogP contribution in [0.15, 0.2) is 39.6 Å². The molecule has 0 fully saturated rings. The van der Waals surface area contributed by atoms with E-state index in [4.69, 9.17) is 0 Å². The predicted octanol–water partition coefficient (Wildman–Crippen LogP) is 2.36. The molecule has 1 amide bonds. The minimum Gasteiger partial charge on any atom is -0.331 e. The second-order valence-electron chi connectivity index (χ2n) is 7.20. The van der Waals surface area contributed by atoms with E-state index in [1.54, 1.807) is 10.7 Å². The van der Waals surface area contributed by atoms with Gasteiger partial charge in [-0.15, -0.1) is 0 Å². The Morgan fingerprint density at radius 2 is 2.06 bits per heavy atom. The Hall–Kier alpha value is -3.21. The van der Waals surface area contributed by atoms with Crippen LogP contribution in [0.4, 0.5) is 0 Å². The molecule has 10 nitrogen and oxygen atoms in total. The van der Waals surface area contributed by atoms with Gasteiger partial charge in [0.25, 0.3) is 5.56 Å². The zero-order valence-electron chi connectivity index (χ0n) is 18.2. The molecule has 3 heterocycles. The number of carbonyl (C=O) groups is 1. The molecule has 3 N–H and O–H groups in total. The van der Waals surface area contributed by atoms with E-state index < -0.39 is 11.2 Å². The second-order valence-corrected chi connectivity index (χ2v) is 7.84. The first-order valence-electron chi connectivity index (χ1n) is 10.4. The van der Waals surface area contributed by atoms with Crippen LogP contribution in [0.25, 0.3) is 22.7 Å². The average Bonchev–Trinajstić information content (AvgIpc) is 3.33. The summed E-state index contributed by atoms with van der Waals surface area (Å²) in [6.45, 7) is 6.06. The maximum absolute atomic E-state index is 12.6. The molecule has 0 saturated heterocycles. The molecule has 32 heavy (non-hydrogen) atoms. The maximum Gasteiger partial charge on any atom is 0.330 e. The van der Waals surface area contributed by atoms with E-state index in [9.17, 15) is 14.4 Å². The fourth-order valence-electron chi connectivity index (χ4n) is 3.24. The summed E-state index contributed by atoms with van der Waals surface area (Å²) in [4.78, 5) is 47.2. The molecule has 0 spiro atoms. The van der Waals surface area contributed by atoms with Crippen molar-refractivity contribution in [2.45, 2.75) is 46.7 Å². The number of nitrogens with one attached hydrogen (secondary N) is 3. The summed E-state index contributed by atoms with van der Waals surface area (Å²) in [7, 11) is 0. The standard InChI is InChI=1S/C21H26BrN7O3/c1-4-7-14(8-6-9-22)23-16(30)12-29-13(3)11-15(27-29)18-24-17-19(25-18)26-21(32)28(10-5-2)20(17)31/h6-8,11H,4-5,9-10,12H2,1-3H3,(H,23,30)(H,24,25)(H,26,32)/b8-6-,14-7+. The first-order valence-corrected chi connectivity index (χ1v) is 11.5. The van der Waals surface area contributed by atoms with Crippen molar-refractivity contribution >= 4 is 33.0 Å².